The van der Waals surface area contributed by atoms with Crippen LogP contribution in [0.2, 0.25) is 0 Å². The fourth-order valence-corrected chi connectivity index (χ4v) is 4.65. The summed E-state index contributed by atoms with van der Waals surface area (Å²) in [7, 11) is 0. The number of amides is 1. The van der Waals surface area contributed by atoms with Crippen LogP contribution in [-0.2, 0) is 22.7 Å². The summed E-state index contributed by atoms with van der Waals surface area (Å²) < 4.78 is 39.7. The molecule has 4 rings (SSSR count). The van der Waals surface area contributed by atoms with E-state index >= 15 is 0 Å². The number of anilines is 1. The van der Waals surface area contributed by atoms with Gasteiger partial charge in [0, 0.05) is 24.2 Å². The Bertz CT molecular complexity index is 1030. The third-order valence-corrected chi connectivity index (χ3v) is 7.03. The quantitative estimate of drug-likeness (QED) is 0.581. The Labute approximate surface area is 214 Å². The number of alkyl halides is 3. The van der Waals surface area contributed by atoms with Crippen molar-refractivity contribution >= 4 is 17.6 Å². The first-order valence-corrected chi connectivity index (χ1v) is 12.5. The summed E-state index contributed by atoms with van der Waals surface area (Å²) in [5.74, 6) is -1.08. The Kier molecular flexibility index (Phi) is 9.66. The van der Waals surface area contributed by atoms with Crippen molar-refractivity contribution in [3.05, 3.63) is 42.0 Å². The normalized spacial score (nSPS) is 17.5. The van der Waals surface area contributed by atoms with Gasteiger partial charge in [-0.2, -0.15) is 13.2 Å². The highest BCUT2D eigenvalue weighted by Crippen LogP contribution is 2.37. The molecule has 2 aromatic rings. The molecular weight excluding hydrogens is 491 g/mol. The minimum Gasteiger partial charge on any atom is -0.475 e. The molecule has 1 saturated heterocycles. The van der Waals surface area contributed by atoms with Crippen LogP contribution in [0.1, 0.15) is 56.0 Å². The number of nitrogens with one attached hydrogen (secondary N) is 1. The highest BCUT2D eigenvalue weighted by Gasteiger charge is 2.39. The van der Waals surface area contributed by atoms with Gasteiger partial charge in [0.05, 0.1) is 6.61 Å². The van der Waals surface area contributed by atoms with Crippen LogP contribution < -0.4 is 5.32 Å². The van der Waals surface area contributed by atoms with Crippen LogP contribution in [0, 0.1) is 11.3 Å². The van der Waals surface area contributed by atoms with E-state index in [9.17, 15) is 18.0 Å². The van der Waals surface area contributed by atoms with Crippen LogP contribution in [0.3, 0.4) is 0 Å². The molecule has 1 spiro atoms. The molecule has 1 amide bonds. The first-order valence-electron chi connectivity index (χ1n) is 12.5. The van der Waals surface area contributed by atoms with Gasteiger partial charge in [-0.25, -0.2) is 4.79 Å². The van der Waals surface area contributed by atoms with E-state index in [-0.39, 0.29) is 11.3 Å². The Morgan fingerprint density at radius 2 is 1.76 bits per heavy atom. The second kappa shape index (κ2) is 12.5. The lowest BCUT2D eigenvalue weighted by Gasteiger charge is -2.42. The standard InChI is InChI=1S/C23H33N5O2.C2HF3O2/c1-3-18(4-2)14-27-12-10-23(11-13-27)16-28-20(15-30-17-23)25-26-21(28)22(29)24-19-8-6-5-7-9-19;3-2(4,5)1(6)7/h5-9,18H,3-4,10-17H2,1-2H3,(H,24,29);(H,6,7). The van der Waals surface area contributed by atoms with Gasteiger partial charge in [0.25, 0.3) is 5.91 Å². The van der Waals surface area contributed by atoms with Crippen molar-refractivity contribution in [3.8, 4) is 0 Å². The van der Waals surface area contributed by atoms with Gasteiger partial charge in [0.15, 0.2) is 5.82 Å². The number of carboxylic acids is 1. The van der Waals surface area contributed by atoms with Crippen molar-refractivity contribution in [1.82, 2.24) is 19.7 Å². The third-order valence-electron chi connectivity index (χ3n) is 7.03. The molecule has 1 fully saturated rings. The van der Waals surface area contributed by atoms with Crippen molar-refractivity contribution < 1.29 is 32.6 Å². The molecule has 1 aromatic carbocycles. The van der Waals surface area contributed by atoms with Gasteiger partial charge in [-0.3, -0.25) is 4.79 Å². The zero-order chi connectivity index (χ0) is 27.1. The molecule has 3 heterocycles. The van der Waals surface area contributed by atoms with E-state index in [0.29, 0.717) is 12.4 Å². The van der Waals surface area contributed by atoms with Crippen LogP contribution in [-0.4, -0.2) is 69.1 Å². The zero-order valence-electron chi connectivity index (χ0n) is 21.1. The highest BCUT2D eigenvalue weighted by molar-refractivity contribution is 6.01. The highest BCUT2D eigenvalue weighted by atomic mass is 19.4. The Morgan fingerprint density at radius 1 is 1.14 bits per heavy atom. The second-order valence-electron chi connectivity index (χ2n) is 9.62. The van der Waals surface area contributed by atoms with E-state index in [2.05, 4.69) is 34.3 Å². The maximum atomic E-state index is 12.9. The average molecular weight is 526 g/mol. The van der Waals surface area contributed by atoms with E-state index < -0.39 is 12.1 Å². The number of aliphatic carboxylic acids is 1. The number of hydrogen-bond donors (Lipinski definition) is 2. The average Bonchev–Trinajstić information content (AvgIpc) is 3.17. The van der Waals surface area contributed by atoms with Crippen LogP contribution in [0.25, 0.3) is 0 Å². The van der Waals surface area contributed by atoms with Gasteiger partial charge in [-0.1, -0.05) is 44.9 Å². The van der Waals surface area contributed by atoms with Crippen molar-refractivity contribution in [2.75, 3.05) is 31.6 Å². The number of para-hydroxylation sites is 1. The monoisotopic (exact) mass is 525 g/mol. The largest absolute Gasteiger partial charge is 0.490 e. The van der Waals surface area contributed by atoms with Gasteiger partial charge < -0.3 is 24.6 Å². The summed E-state index contributed by atoms with van der Waals surface area (Å²) in [4.78, 5) is 24.4. The van der Waals surface area contributed by atoms with Gasteiger partial charge in [-0.15, -0.1) is 10.2 Å². The maximum Gasteiger partial charge on any atom is 0.490 e. The lowest BCUT2D eigenvalue weighted by molar-refractivity contribution is -0.192. The molecule has 2 N–H and O–H groups in total. The van der Waals surface area contributed by atoms with E-state index in [1.165, 1.54) is 19.4 Å². The number of hydrogen-bond acceptors (Lipinski definition) is 6. The van der Waals surface area contributed by atoms with Crippen LogP contribution in [0.4, 0.5) is 18.9 Å². The predicted molar refractivity (Wildman–Crippen MR) is 130 cm³/mol. The summed E-state index contributed by atoms with van der Waals surface area (Å²) in [6.45, 7) is 9.80. The van der Waals surface area contributed by atoms with Gasteiger partial charge in [-0.05, 0) is 44.0 Å². The first-order chi connectivity index (χ1) is 17.6. The molecule has 0 aliphatic carbocycles. The summed E-state index contributed by atoms with van der Waals surface area (Å²) in [5, 5.41) is 18.5. The summed E-state index contributed by atoms with van der Waals surface area (Å²) in [6, 6.07) is 9.47. The second-order valence-corrected chi connectivity index (χ2v) is 9.62. The number of nitrogens with zero attached hydrogens (tertiary/aromatic N) is 4. The fraction of sp³-hybridized carbons (Fsp3) is 0.600. The van der Waals surface area contributed by atoms with Gasteiger partial charge in [0.2, 0.25) is 5.82 Å². The van der Waals surface area contributed by atoms with E-state index in [1.54, 1.807) is 0 Å². The Morgan fingerprint density at radius 3 is 2.32 bits per heavy atom. The number of carbonyl (C=O) groups is 2. The smallest absolute Gasteiger partial charge is 0.475 e. The topological polar surface area (TPSA) is 110 Å². The minimum absolute atomic E-state index is 0.0415. The number of piperidine rings is 1. The molecule has 204 valence electrons. The molecule has 2 aliphatic rings. The SMILES string of the molecule is CCC(CC)CN1CCC2(CC1)COCc1nnc(C(=O)Nc3ccccc3)n1C2.O=C(O)C(F)(F)F. The van der Waals surface area contributed by atoms with Crippen LogP contribution in [0.5, 0.6) is 0 Å². The zero-order valence-corrected chi connectivity index (χ0v) is 21.1. The van der Waals surface area contributed by atoms with E-state index in [1.807, 2.05) is 34.9 Å². The fourth-order valence-electron chi connectivity index (χ4n) is 4.65. The molecule has 0 bridgehead atoms. The number of ether oxygens (including phenoxy) is 1. The van der Waals surface area contributed by atoms with Gasteiger partial charge in [0.1, 0.15) is 6.61 Å². The number of halogens is 3. The third kappa shape index (κ3) is 7.75. The van der Waals surface area contributed by atoms with Crippen molar-refractivity contribution in [1.29, 1.82) is 0 Å². The van der Waals surface area contributed by atoms with Gasteiger partial charge >= 0.3 is 12.1 Å². The molecule has 1 aromatic heterocycles. The molecule has 2 aliphatic heterocycles. The summed E-state index contributed by atoms with van der Waals surface area (Å²) in [6.07, 6.45) is -0.453. The van der Waals surface area contributed by atoms with E-state index in [0.717, 1.165) is 56.5 Å². The number of fused-ring (bicyclic) bond motifs is 1. The number of carboxylic acid groups (broad SMARTS) is 1. The Balaban J connectivity index is 0.000000479. The van der Waals surface area contributed by atoms with Crippen LogP contribution in [0.15, 0.2) is 30.3 Å². The number of rotatable bonds is 6. The van der Waals surface area contributed by atoms with E-state index in [4.69, 9.17) is 14.6 Å². The van der Waals surface area contributed by atoms with Crippen LogP contribution >= 0.6 is 0 Å². The maximum absolute atomic E-state index is 12.9. The molecular formula is C25H34F3N5O4. The summed E-state index contributed by atoms with van der Waals surface area (Å²) >= 11 is 0. The number of benzene rings is 1. The molecule has 37 heavy (non-hydrogen) atoms. The number of aromatic nitrogens is 3. The molecule has 0 radical (unpaired) electrons. The minimum atomic E-state index is -5.08. The predicted octanol–water partition coefficient (Wildman–Crippen LogP) is 4.21. The van der Waals surface area contributed by atoms with Crippen molar-refractivity contribution in [2.24, 2.45) is 11.3 Å². The molecule has 9 nitrogen and oxygen atoms in total. The van der Waals surface area contributed by atoms with Crippen molar-refractivity contribution in [3.63, 3.8) is 0 Å². The lowest BCUT2D eigenvalue weighted by Crippen LogP contribution is -2.45. The van der Waals surface area contributed by atoms with Crippen molar-refractivity contribution in [2.45, 2.75) is 58.9 Å². The lowest BCUT2D eigenvalue weighted by atomic mass is 9.78. The molecule has 0 atom stereocenters. The summed E-state index contributed by atoms with van der Waals surface area (Å²) in [5.41, 5.74) is 0.800. The molecule has 12 heteroatoms. The number of likely N-dealkylation sites (tertiary alicyclic amines) is 1. The molecule has 0 unspecified atom stereocenters. The number of carbonyl (C=O) groups excluding carboxylic acids is 1. The Hall–Kier alpha value is -2.99. The molecule has 0 saturated carbocycles. The first kappa shape index (κ1) is 28.6.